The van der Waals surface area contributed by atoms with Gasteiger partial charge in [-0.05, 0) is 57.2 Å². The molecule has 2 aromatic rings. The summed E-state index contributed by atoms with van der Waals surface area (Å²) >= 11 is 0. The van der Waals surface area contributed by atoms with Crippen molar-refractivity contribution in [3.8, 4) is 0 Å². The molecule has 0 unspecified atom stereocenters. The quantitative estimate of drug-likeness (QED) is 0.598. The molecule has 3 rings (SSSR count). The van der Waals surface area contributed by atoms with Crippen molar-refractivity contribution in [2.45, 2.75) is 52.2 Å². The maximum atomic E-state index is 12.5. The van der Waals surface area contributed by atoms with Gasteiger partial charge in [0, 0.05) is 54.2 Å². The van der Waals surface area contributed by atoms with Gasteiger partial charge in [0.05, 0.1) is 5.52 Å². The van der Waals surface area contributed by atoms with Gasteiger partial charge >= 0.3 is 12.1 Å². The molecule has 1 amide bonds. The average Bonchev–Trinajstić information content (AvgIpc) is 2.96. The second-order valence-electron chi connectivity index (χ2n) is 7.80. The van der Waals surface area contributed by atoms with Crippen LogP contribution in [0.15, 0.2) is 23.1 Å². The first-order valence-electron chi connectivity index (χ1n) is 9.05. The minimum Gasteiger partial charge on any atom is -0.477 e. The second-order valence-corrected chi connectivity index (χ2v) is 7.80. The van der Waals surface area contributed by atoms with Gasteiger partial charge in [0.15, 0.2) is 0 Å². The van der Waals surface area contributed by atoms with Crippen molar-refractivity contribution in [1.82, 2.24) is 9.88 Å². The number of alkyl carbamates (subject to hydrolysis) is 1. The molecule has 8 heteroatoms. The van der Waals surface area contributed by atoms with Gasteiger partial charge in [-0.3, -0.25) is 4.79 Å². The number of rotatable bonds is 5. The molecule has 1 aromatic heterocycles. The standard InChI is InChI=1S/C20H24N2O5.Na/c1-20(2,3)27-19(26)21-7-4-5-12-9-13-6-8-22-11-15(18(24)25)17(23)14(10-12)16(13)22;/h9-11H,4-8H2,1-3H3,(H,21,26)(H,24,25);. The average molecular weight is 395 g/mol. The minimum atomic E-state index is -1.20. The maximum absolute atomic E-state index is 12.5. The topological polar surface area (TPSA) is 97.6 Å². The van der Waals surface area contributed by atoms with Crippen molar-refractivity contribution in [3.05, 3.63) is 45.2 Å². The number of carbonyl (C=O) groups is 2. The molecular formula is C20H24N2NaO5. The molecule has 0 saturated heterocycles. The Morgan fingerprint density at radius 2 is 2.00 bits per heavy atom. The van der Waals surface area contributed by atoms with Gasteiger partial charge in [-0.2, -0.15) is 0 Å². The van der Waals surface area contributed by atoms with Crippen LogP contribution < -0.4 is 10.7 Å². The van der Waals surface area contributed by atoms with Gasteiger partial charge in [0.1, 0.15) is 11.2 Å². The molecule has 28 heavy (non-hydrogen) atoms. The Bertz CT molecular complexity index is 975. The van der Waals surface area contributed by atoms with Gasteiger partial charge in [-0.25, -0.2) is 9.59 Å². The first-order chi connectivity index (χ1) is 12.7. The Kier molecular flexibility index (Phi) is 6.96. The molecule has 1 radical (unpaired) electrons. The summed E-state index contributed by atoms with van der Waals surface area (Å²) in [5.41, 5.74) is 1.70. The maximum Gasteiger partial charge on any atom is 0.407 e. The summed E-state index contributed by atoms with van der Waals surface area (Å²) in [5.74, 6) is -1.20. The Balaban J connectivity index is 0.00000280. The number of hydrogen-bond donors (Lipinski definition) is 2. The van der Waals surface area contributed by atoms with E-state index in [-0.39, 0.29) is 35.1 Å². The van der Waals surface area contributed by atoms with Gasteiger partial charge in [0.2, 0.25) is 5.43 Å². The number of aryl methyl sites for hydroxylation is 3. The third-order valence-corrected chi connectivity index (χ3v) is 4.47. The number of carbonyl (C=O) groups excluding carboxylic acids is 1. The number of hydrogen-bond acceptors (Lipinski definition) is 4. The van der Waals surface area contributed by atoms with Crippen molar-refractivity contribution in [2.75, 3.05) is 6.54 Å². The van der Waals surface area contributed by atoms with Crippen molar-refractivity contribution < 1.29 is 19.4 Å². The van der Waals surface area contributed by atoms with E-state index in [2.05, 4.69) is 11.4 Å². The Morgan fingerprint density at radius 1 is 1.29 bits per heavy atom. The van der Waals surface area contributed by atoms with Crippen molar-refractivity contribution in [3.63, 3.8) is 0 Å². The smallest absolute Gasteiger partial charge is 0.407 e. The van der Waals surface area contributed by atoms with E-state index in [1.54, 1.807) is 6.07 Å². The summed E-state index contributed by atoms with van der Waals surface area (Å²) in [5, 5.41) is 12.4. The summed E-state index contributed by atoms with van der Waals surface area (Å²) in [6, 6.07) is 3.85. The predicted octanol–water partition coefficient (Wildman–Crippen LogP) is 2.33. The molecule has 145 valence electrons. The molecule has 0 fully saturated rings. The molecule has 1 aliphatic heterocycles. The zero-order valence-electron chi connectivity index (χ0n) is 16.8. The van der Waals surface area contributed by atoms with Crippen molar-refractivity contribution in [1.29, 1.82) is 0 Å². The number of ether oxygens (including phenoxy) is 1. The van der Waals surface area contributed by atoms with E-state index in [4.69, 9.17) is 4.74 Å². The summed E-state index contributed by atoms with van der Waals surface area (Å²) < 4.78 is 7.04. The number of amides is 1. The Labute approximate surface area is 185 Å². The molecule has 0 aliphatic carbocycles. The van der Waals surface area contributed by atoms with Gasteiger partial charge < -0.3 is 19.7 Å². The predicted molar refractivity (Wildman–Crippen MR) is 107 cm³/mol. The fourth-order valence-electron chi connectivity index (χ4n) is 3.40. The Hall–Kier alpha value is -1.83. The van der Waals surface area contributed by atoms with Crippen LogP contribution in [0.1, 0.15) is 48.7 Å². The third-order valence-electron chi connectivity index (χ3n) is 4.47. The number of pyridine rings is 1. The number of benzene rings is 1. The third kappa shape index (κ3) is 4.96. The van der Waals surface area contributed by atoms with Crippen molar-refractivity contribution in [2.24, 2.45) is 0 Å². The molecule has 2 heterocycles. The van der Waals surface area contributed by atoms with Gasteiger partial charge in [0.25, 0.3) is 0 Å². The van der Waals surface area contributed by atoms with E-state index in [0.717, 1.165) is 23.1 Å². The monoisotopic (exact) mass is 395 g/mol. The molecule has 1 aliphatic rings. The minimum absolute atomic E-state index is 0. The number of aromatic nitrogens is 1. The van der Waals surface area contributed by atoms with Crippen LogP contribution in [0.25, 0.3) is 10.9 Å². The molecular weight excluding hydrogens is 371 g/mol. The van der Waals surface area contributed by atoms with Crippen LogP contribution in [0, 0.1) is 0 Å². The van der Waals surface area contributed by atoms with Crippen LogP contribution in [-0.2, 0) is 24.1 Å². The fraction of sp³-hybridized carbons (Fsp3) is 0.450. The van der Waals surface area contributed by atoms with E-state index < -0.39 is 23.1 Å². The molecule has 0 bridgehead atoms. The van der Waals surface area contributed by atoms with E-state index >= 15 is 0 Å². The zero-order valence-corrected chi connectivity index (χ0v) is 18.8. The van der Waals surface area contributed by atoms with Gasteiger partial charge in [-0.15, -0.1) is 0 Å². The number of nitrogens with one attached hydrogen (secondary N) is 1. The molecule has 1 aromatic carbocycles. The van der Waals surface area contributed by atoms with Crippen LogP contribution in [0.4, 0.5) is 4.79 Å². The largest absolute Gasteiger partial charge is 0.477 e. The molecule has 0 spiro atoms. The molecule has 0 saturated carbocycles. The fourth-order valence-corrected chi connectivity index (χ4v) is 3.40. The molecule has 7 nitrogen and oxygen atoms in total. The van der Waals surface area contributed by atoms with Gasteiger partial charge in [-0.1, -0.05) is 6.07 Å². The molecule has 2 N–H and O–H groups in total. The summed E-state index contributed by atoms with van der Waals surface area (Å²) in [6.07, 6.45) is 3.14. The number of carboxylic acids is 1. The van der Waals surface area contributed by atoms with Crippen LogP contribution in [0.5, 0.6) is 0 Å². The summed E-state index contributed by atoms with van der Waals surface area (Å²) in [6.45, 7) is 6.56. The van der Waals surface area contributed by atoms with E-state index in [0.29, 0.717) is 31.3 Å². The van der Waals surface area contributed by atoms with E-state index in [1.165, 1.54) is 6.20 Å². The number of carboxylic acid groups (broad SMARTS) is 1. The molecule has 0 atom stereocenters. The SMILES string of the molecule is CC(C)(C)OC(=O)NCCCc1cc2c3c(c1)c(=O)c(C(=O)O)cn3CC2.[Na]. The second kappa shape index (κ2) is 8.68. The Morgan fingerprint density at radius 3 is 2.64 bits per heavy atom. The normalized spacial score (nSPS) is 12.5. The van der Waals surface area contributed by atoms with Crippen LogP contribution in [-0.4, -0.2) is 63.4 Å². The summed E-state index contributed by atoms with van der Waals surface area (Å²) in [4.78, 5) is 35.5. The van der Waals surface area contributed by atoms with E-state index in [9.17, 15) is 19.5 Å². The summed E-state index contributed by atoms with van der Waals surface area (Å²) in [7, 11) is 0. The van der Waals surface area contributed by atoms with Crippen LogP contribution in [0.2, 0.25) is 0 Å². The number of nitrogens with zero attached hydrogens (tertiary/aromatic N) is 1. The van der Waals surface area contributed by atoms with Crippen LogP contribution in [0.3, 0.4) is 0 Å². The number of aromatic carboxylic acids is 1. The first-order valence-corrected chi connectivity index (χ1v) is 9.05. The zero-order chi connectivity index (χ0) is 19.8. The first kappa shape index (κ1) is 22.5. The van der Waals surface area contributed by atoms with Crippen molar-refractivity contribution >= 4 is 52.5 Å². The van der Waals surface area contributed by atoms with E-state index in [1.807, 2.05) is 25.3 Å². The van der Waals surface area contributed by atoms with Crippen LogP contribution >= 0.6 is 0 Å².